The van der Waals surface area contributed by atoms with Crippen LogP contribution < -0.4 is 9.47 Å². The second kappa shape index (κ2) is 27.6. The molecule has 2 aromatic carbocycles. The van der Waals surface area contributed by atoms with Crippen molar-refractivity contribution in [2.24, 2.45) is 0 Å². The Kier molecular flexibility index (Phi) is 23.5. The summed E-state index contributed by atoms with van der Waals surface area (Å²) in [5.74, 6) is 0.363. The molecule has 0 saturated heterocycles. The van der Waals surface area contributed by atoms with E-state index in [9.17, 15) is 9.90 Å². The zero-order valence-electron chi connectivity index (χ0n) is 30.5. The van der Waals surface area contributed by atoms with Crippen LogP contribution in [0.15, 0.2) is 67.0 Å². The van der Waals surface area contributed by atoms with Gasteiger partial charge in [-0.25, -0.2) is 4.79 Å². The van der Waals surface area contributed by atoms with E-state index in [2.05, 4.69) is 31.0 Å². The number of carbonyl (C=O) groups is 1. The van der Waals surface area contributed by atoms with Crippen LogP contribution in [0.1, 0.15) is 158 Å². The molecule has 0 amide bonds. The summed E-state index contributed by atoms with van der Waals surface area (Å²) >= 11 is 0. The van der Waals surface area contributed by atoms with Gasteiger partial charge in [0.25, 0.3) is 0 Å². The number of hydrogen-bond donors (Lipinski definition) is 1. The van der Waals surface area contributed by atoms with Gasteiger partial charge in [0.05, 0.1) is 18.8 Å². The standard InChI is InChI=1S/C32H56O4.C11H9N/c1-4-6-8-10-12-14-16-18-20-22-24-35-30-27-29(32(33)34)26-28(3)31(30)36-25-23-21-19-17-15-13-11-9-7-5-2;1-2-4-10(5-3-1)11-6-8-12-9-7-11/h26-27H,4-25H2,1-3H3,(H,33,34);1-9H. The molecule has 1 aromatic heterocycles. The zero-order chi connectivity index (χ0) is 34.5. The van der Waals surface area contributed by atoms with E-state index in [1.807, 2.05) is 49.6 Å². The maximum absolute atomic E-state index is 11.5. The van der Waals surface area contributed by atoms with Gasteiger partial charge in [0, 0.05) is 12.4 Å². The van der Waals surface area contributed by atoms with Crippen LogP contribution >= 0.6 is 0 Å². The predicted molar refractivity (Wildman–Crippen MR) is 202 cm³/mol. The van der Waals surface area contributed by atoms with E-state index in [1.54, 1.807) is 12.1 Å². The molecule has 0 radical (unpaired) electrons. The van der Waals surface area contributed by atoms with E-state index in [1.165, 1.54) is 120 Å². The van der Waals surface area contributed by atoms with Crippen molar-refractivity contribution in [3.63, 3.8) is 0 Å². The lowest BCUT2D eigenvalue weighted by molar-refractivity contribution is 0.0696. The highest BCUT2D eigenvalue weighted by Crippen LogP contribution is 2.33. The first-order valence-corrected chi connectivity index (χ1v) is 19.2. The summed E-state index contributed by atoms with van der Waals surface area (Å²) in [6.45, 7) is 7.69. The molecule has 1 heterocycles. The van der Waals surface area contributed by atoms with Gasteiger partial charge in [-0.3, -0.25) is 4.98 Å². The molecule has 0 fully saturated rings. The number of ether oxygens (including phenoxy) is 2. The van der Waals surface area contributed by atoms with Crippen LogP contribution in [-0.2, 0) is 0 Å². The van der Waals surface area contributed by atoms with Gasteiger partial charge in [-0.2, -0.15) is 0 Å². The number of aromatic carboxylic acids is 1. The Morgan fingerprint density at radius 1 is 0.583 bits per heavy atom. The van der Waals surface area contributed by atoms with Gasteiger partial charge in [-0.1, -0.05) is 160 Å². The quantitative estimate of drug-likeness (QED) is 0.0869. The minimum atomic E-state index is -0.928. The average molecular weight is 660 g/mol. The third kappa shape index (κ3) is 18.9. The van der Waals surface area contributed by atoms with Gasteiger partial charge in [0.1, 0.15) is 0 Å². The molecule has 1 N–H and O–H groups in total. The number of aryl methyl sites for hydroxylation is 1. The van der Waals surface area contributed by atoms with Crippen molar-refractivity contribution in [3.8, 4) is 22.6 Å². The topological polar surface area (TPSA) is 68.7 Å². The average Bonchev–Trinajstić information content (AvgIpc) is 3.11. The molecule has 0 aliphatic heterocycles. The molecule has 5 nitrogen and oxygen atoms in total. The second-order valence-electron chi connectivity index (χ2n) is 13.1. The molecule has 0 aliphatic carbocycles. The van der Waals surface area contributed by atoms with E-state index in [0.29, 0.717) is 24.7 Å². The molecule has 0 unspecified atom stereocenters. The minimum absolute atomic E-state index is 0.261. The minimum Gasteiger partial charge on any atom is -0.490 e. The Balaban J connectivity index is 0.000000549. The highest BCUT2D eigenvalue weighted by atomic mass is 16.5. The van der Waals surface area contributed by atoms with Crippen molar-refractivity contribution in [3.05, 3.63) is 78.1 Å². The van der Waals surface area contributed by atoms with E-state index in [0.717, 1.165) is 24.8 Å². The second-order valence-corrected chi connectivity index (χ2v) is 13.1. The van der Waals surface area contributed by atoms with Crippen molar-refractivity contribution in [2.45, 2.75) is 149 Å². The third-order valence-corrected chi connectivity index (χ3v) is 8.77. The lowest BCUT2D eigenvalue weighted by atomic mass is 10.1. The van der Waals surface area contributed by atoms with Crippen LogP contribution in [0.4, 0.5) is 0 Å². The number of carboxylic acid groups (broad SMARTS) is 1. The zero-order valence-corrected chi connectivity index (χ0v) is 30.5. The fraction of sp³-hybridized carbons (Fsp3) is 0.581. The van der Waals surface area contributed by atoms with Crippen LogP contribution in [0.3, 0.4) is 0 Å². The van der Waals surface area contributed by atoms with Gasteiger partial charge in [0.15, 0.2) is 11.5 Å². The Morgan fingerprint density at radius 3 is 1.50 bits per heavy atom. The maximum atomic E-state index is 11.5. The first kappa shape index (κ1) is 40.8. The van der Waals surface area contributed by atoms with Gasteiger partial charge in [0.2, 0.25) is 0 Å². The van der Waals surface area contributed by atoms with Crippen LogP contribution in [-0.4, -0.2) is 29.3 Å². The van der Waals surface area contributed by atoms with Gasteiger partial charge < -0.3 is 14.6 Å². The summed E-state index contributed by atoms with van der Waals surface area (Å²) in [7, 11) is 0. The lowest BCUT2D eigenvalue weighted by Crippen LogP contribution is -2.06. The number of aromatic nitrogens is 1. The molecule has 0 saturated carbocycles. The molecule has 0 spiro atoms. The Morgan fingerprint density at radius 2 is 1.02 bits per heavy atom. The van der Waals surface area contributed by atoms with E-state index >= 15 is 0 Å². The van der Waals surface area contributed by atoms with Crippen molar-refractivity contribution < 1.29 is 19.4 Å². The highest BCUT2D eigenvalue weighted by molar-refractivity contribution is 5.89. The Hall–Kier alpha value is -3.34. The van der Waals surface area contributed by atoms with Crippen LogP contribution in [0.5, 0.6) is 11.5 Å². The fourth-order valence-electron chi connectivity index (χ4n) is 5.87. The molecule has 0 bridgehead atoms. The summed E-state index contributed by atoms with van der Waals surface area (Å²) in [6.07, 6.45) is 29.3. The SMILES string of the molecule is CCCCCCCCCCCCOc1cc(C(=O)O)cc(C)c1OCCCCCCCCCCCC.c1ccc(-c2ccncc2)cc1. The number of nitrogens with zero attached hydrogens (tertiary/aromatic N) is 1. The molecule has 3 aromatic rings. The van der Waals surface area contributed by atoms with E-state index in [-0.39, 0.29) is 5.56 Å². The number of unbranched alkanes of at least 4 members (excludes halogenated alkanes) is 18. The van der Waals surface area contributed by atoms with Gasteiger partial charge in [-0.15, -0.1) is 0 Å². The van der Waals surface area contributed by atoms with Crippen molar-refractivity contribution in [2.75, 3.05) is 13.2 Å². The maximum Gasteiger partial charge on any atom is 0.335 e. The molecular weight excluding hydrogens is 594 g/mol. The molecule has 0 atom stereocenters. The first-order valence-electron chi connectivity index (χ1n) is 19.2. The van der Waals surface area contributed by atoms with Crippen molar-refractivity contribution in [1.29, 1.82) is 0 Å². The van der Waals surface area contributed by atoms with Crippen LogP contribution in [0.2, 0.25) is 0 Å². The molecule has 0 aliphatic rings. The molecule has 5 heteroatoms. The third-order valence-electron chi connectivity index (χ3n) is 8.77. The van der Waals surface area contributed by atoms with Crippen molar-refractivity contribution >= 4 is 5.97 Å². The van der Waals surface area contributed by atoms with Gasteiger partial charge in [-0.05, 0) is 60.7 Å². The largest absolute Gasteiger partial charge is 0.490 e. The smallest absolute Gasteiger partial charge is 0.335 e. The Labute approximate surface area is 292 Å². The lowest BCUT2D eigenvalue weighted by Gasteiger charge is -2.16. The van der Waals surface area contributed by atoms with Crippen LogP contribution in [0.25, 0.3) is 11.1 Å². The van der Waals surface area contributed by atoms with Crippen molar-refractivity contribution in [1.82, 2.24) is 4.98 Å². The number of benzene rings is 2. The Bertz CT molecular complexity index is 1160. The molecule has 48 heavy (non-hydrogen) atoms. The normalized spacial score (nSPS) is 10.7. The fourth-order valence-corrected chi connectivity index (χ4v) is 5.87. The summed E-state index contributed by atoms with van der Waals surface area (Å²) in [4.78, 5) is 15.5. The summed E-state index contributed by atoms with van der Waals surface area (Å²) < 4.78 is 12.2. The monoisotopic (exact) mass is 659 g/mol. The van der Waals surface area contributed by atoms with Crippen LogP contribution in [0, 0.1) is 6.92 Å². The molecule has 3 rings (SSSR count). The molecular formula is C43H65NO4. The summed E-state index contributed by atoms with van der Waals surface area (Å²) in [6, 6.07) is 17.6. The van der Waals surface area contributed by atoms with E-state index in [4.69, 9.17) is 9.47 Å². The molecule has 266 valence electrons. The number of carboxylic acids is 1. The number of hydrogen-bond acceptors (Lipinski definition) is 4. The number of pyridine rings is 1. The highest BCUT2D eigenvalue weighted by Gasteiger charge is 2.15. The van der Waals surface area contributed by atoms with Gasteiger partial charge >= 0.3 is 5.97 Å². The summed E-state index contributed by atoms with van der Waals surface area (Å²) in [5, 5.41) is 9.47. The summed E-state index contributed by atoms with van der Waals surface area (Å²) in [5.41, 5.74) is 3.54. The first-order chi connectivity index (χ1) is 23.6. The predicted octanol–water partition coefficient (Wildman–Crippen LogP) is 13.0. The number of rotatable bonds is 26. The van der Waals surface area contributed by atoms with E-state index < -0.39 is 5.97 Å².